The van der Waals surface area contributed by atoms with Crippen LogP contribution in [0.3, 0.4) is 0 Å². The summed E-state index contributed by atoms with van der Waals surface area (Å²) in [6, 6.07) is 8.88. The van der Waals surface area contributed by atoms with E-state index in [-0.39, 0.29) is 35.3 Å². The second-order valence-corrected chi connectivity index (χ2v) is 10.5. The number of hydrogen-bond donors (Lipinski definition) is 3. The van der Waals surface area contributed by atoms with Crippen LogP contribution in [0.5, 0.6) is 0 Å². The van der Waals surface area contributed by atoms with Crippen molar-refractivity contribution in [1.29, 1.82) is 0 Å². The first kappa shape index (κ1) is 25.9. The molecule has 1 fully saturated rings. The topological polar surface area (TPSA) is 76.7 Å². The molecule has 0 spiro atoms. The Balaban J connectivity index is 1.37. The number of amides is 2. The lowest BCUT2D eigenvalue weighted by Gasteiger charge is -2.26. The van der Waals surface area contributed by atoms with Crippen LogP contribution < -0.4 is 16.0 Å². The number of nitrogens with zero attached hydrogens (tertiary/aromatic N) is 2. The van der Waals surface area contributed by atoms with E-state index in [2.05, 4.69) is 20.9 Å². The molecule has 2 aromatic rings. The largest absolute Gasteiger partial charge is 0.381 e. The fourth-order valence-electron chi connectivity index (χ4n) is 5.40. The smallest absolute Gasteiger partial charge is 0.256 e. The van der Waals surface area contributed by atoms with Crippen molar-refractivity contribution < 1.29 is 18.4 Å². The Hall–Kier alpha value is -3.72. The van der Waals surface area contributed by atoms with E-state index in [1.807, 2.05) is 25.9 Å². The van der Waals surface area contributed by atoms with E-state index in [9.17, 15) is 14.0 Å². The molecular weight excluding hydrogens is 488 g/mol. The Kier molecular flexibility index (Phi) is 7.21. The molecule has 0 aromatic heterocycles. The van der Waals surface area contributed by atoms with E-state index in [4.69, 9.17) is 0 Å². The molecule has 3 aliphatic rings. The number of rotatable bonds is 7. The number of carbonyl (C=O) groups excluding carboxylic acids is 2. The third-order valence-corrected chi connectivity index (χ3v) is 7.55. The molecule has 3 heterocycles. The Morgan fingerprint density at radius 3 is 2.66 bits per heavy atom. The molecule has 2 unspecified atom stereocenters. The molecule has 0 aliphatic carbocycles. The van der Waals surface area contributed by atoms with E-state index in [1.54, 1.807) is 24.3 Å². The van der Waals surface area contributed by atoms with E-state index in [1.165, 1.54) is 18.2 Å². The summed E-state index contributed by atoms with van der Waals surface area (Å²) in [6.07, 6.45) is 3.51. The van der Waals surface area contributed by atoms with Crippen LogP contribution >= 0.6 is 0 Å². The predicted octanol–water partition coefficient (Wildman–Crippen LogP) is 3.96. The Bertz CT molecular complexity index is 1320. The van der Waals surface area contributed by atoms with Gasteiger partial charge in [-0.25, -0.2) is 8.78 Å². The highest BCUT2D eigenvalue weighted by atomic mass is 19.1. The molecule has 0 saturated carbocycles. The van der Waals surface area contributed by atoms with Gasteiger partial charge < -0.3 is 25.8 Å². The van der Waals surface area contributed by atoms with Crippen molar-refractivity contribution in [3.8, 4) is 0 Å². The molecule has 3 N–H and O–H groups in total. The van der Waals surface area contributed by atoms with Gasteiger partial charge in [0.1, 0.15) is 11.6 Å². The van der Waals surface area contributed by atoms with Crippen LogP contribution in [-0.2, 0) is 16.1 Å². The number of fused-ring (bicyclic) bond motifs is 2. The van der Waals surface area contributed by atoms with E-state index in [0.29, 0.717) is 29.9 Å². The maximum Gasteiger partial charge on any atom is 0.256 e. The zero-order chi connectivity index (χ0) is 27.0. The zero-order valence-corrected chi connectivity index (χ0v) is 21.9. The monoisotopic (exact) mass is 521 g/mol. The van der Waals surface area contributed by atoms with E-state index >= 15 is 4.39 Å². The SMILES string of the molecule is CC1=C(/C=C2\C(=O)Nc3cc(NCc4ccc(F)cc4)c(F)cc32)NC2CCCN(CCN(C)C)C(=O)C12. The number of anilines is 2. The number of allylic oxidation sites excluding steroid dienone is 1. The van der Waals surface area contributed by atoms with Gasteiger partial charge in [-0.2, -0.15) is 0 Å². The molecule has 9 heteroatoms. The third-order valence-electron chi connectivity index (χ3n) is 7.55. The van der Waals surface area contributed by atoms with Gasteiger partial charge in [0.25, 0.3) is 5.91 Å². The standard InChI is InChI=1S/C29H33F2N5O2/c1-17-24(33-23-5-4-10-36(12-11-35(2)3)29(38)27(17)23)14-21-20-13-22(31)26(15-25(20)34-28(21)37)32-16-18-6-8-19(30)9-7-18/h6-9,13-15,23,27,32-33H,4-5,10-12,16H2,1-3H3,(H,34,37)/b21-14-. The lowest BCUT2D eigenvalue weighted by molar-refractivity contribution is -0.134. The highest BCUT2D eigenvalue weighted by Gasteiger charge is 2.41. The normalized spacial score (nSPS) is 21.9. The van der Waals surface area contributed by atoms with Crippen molar-refractivity contribution in [3.63, 3.8) is 0 Å². The maximum absolute atomic E-state index is 15.0. The predicted molar refractivity (Wildman–Crippen MR) is 144 cm³/mol. The molecule has 200 valence electrons. The van der Waals surface area contributed by atoms with Crippen LogP contribution in [0.15, 0.2) is 53.7 Å². The molecule has 1 saturated heterocycles. The van der Waals surface area contributed by atoms with Gasteiger partial charge in [0.05, 0.1) is 22.9 Å². The van der Waals surface area contributed by atoms with Crippen molar-refractivity contribution in [2.75, 3.05) is 44.4 Å². The van der Waals surface area contributed by atoms with Crippen LogP contribution in [0.2, 0.25) is 0 Å². The number of hydrogen-bond acceptors (Lipinski definition) is 5. The number of nitrogens with one attached hydrogen (secondary N) is 3. The minimum atomic E-state index is -0.491. The molecule has 5 rings (SSSR count). The Morgan fingerprint density at radius 1 is 1.16 bits per heavy atom. The van der Waals surface area contributed by atoms with Gasteiger partial charge in [0.2, 0.25) is 5.91 Å². The van der Waals surface area contributed by atoms with Crippen LogP contribution in [0.4, 0.5) is 20.2 Å². The first-order chi connectivity index (χ1) is 18.2. The van der Waals surface area contributed by atoms with Crippen LogP contribution in [0.25, 0.3) is 5.57 Å². The summed E-state index contributed by atoms with van der Waals surface area (Å²) >= 11 is 0. The molecule has 38 heavy (non-hydrogen) atoms. The first-order valence-electron chi connectivity index (χ1n) is 13.0. The fourth-order valence-corrected chi connectivity index (χ4v) is 5.40. The first-order valence-corrected chi connectivity index (χ1v) is 13.0. The van der Waals surface area contributed by atoms with Gasteiger partial charge in [-0.15, -0.1) is 0 Å². The van der Waals surface area contributed by atoms with Gasteiger partial charge >= 0.3 is 0 Å². The molecule has 3 aliphatic heterocycles. The maximum atomic E-state index is 15.0. The van der Waals surface area contributed by atoms with Crippen molar-refractivity contribution in [1.82, 2.24) is 15.1 Å². The summed E-state index contributed by atoms with van der Waals surface area (Å²) in [5, 5.41) is 9.33. The molecular formula is C29H33F2N5O2. The van der Waals surface area contributed by atoms with Crippen molar-refractivity contribution in [2.45, 2.75) is 32.4 Å². The van der Waals surface area contributed by atoms with E-state index < -0.39 is 5.82 Å². The second kappa shape index (κ2) is 10.6. The van der Waals surface area contributed by atoms with Crippen molar-refractivity contribution in [3.05, 3.63) is 76.5 Å². The van der Waals surface area contributed by atoms with Gasteiger partial charge in [0, 0.05) is 43.5 Å². The molecule has 0 radical (unpaired) electrons. The Labute approximate surface area is 221 Å². The summed E-state index contributed by atoms with van der Waals surface area (Å²) in [4.78, 5) is 30.3. The minimum Gasteiger partial charge on any atom is -0.381 e. The third kappa shape index (κ3) is 5.15. The quantitative estimate of drug-likeness (QED) is 0.481. The molecule has 7 nitrogen and oxygen atoms in total. The average Bonchev–Trinajstić information content (AvgIpc) is 3.29. The Morgan fingerprint density at radius 2 is 1.92 bits per heavy atom. The van der Waals surface area contributed by atoms with Gasteiger partial charge in [-0.1, -0.05) is 12.1 Å². The highest BCUT2D eigenvalue weighted by molar-refractivity contribution is 6.32. The lowest BCUT2D eigenvalue weighted by Crippen LogP contribution is -2.42. The van der Waals surface area contributed by atoms with Crippen LogP contribution in [0.1, 0.15) is 30.9 Å². The summed E-state index contributed by atoms with van der Waals surface area (Å²) in [7, 11) is 3.99. The molecule has 2 aromatic carbocycles. The van der Waals surface area contributed by atoms with Gasteiger partial charge in [-0.3, -0.25) is 9.59 Å². The molecule has 2 amide bonds. The number of likely N-dealkylation sites (tertiary alicyclic amines) is 1. The zero-order valence-electron chi connectivity index (χ0n) is 21.9. The van der Waals surface area contributed by atoms with E-state index in [0.717, 1.165) is 42.8 Å². The van der Waals surface area contributed by atoms with Crippen LogP contribution in [-0.4, -0.2) is 61.4 Å². The number of benzene rings is 2. The fraction of sp³-hybridized carbons (Fsp3) is 0.379. The van der Waals surface area contributed by atoms with Crippen LogP contribution in [0, 0.1) is 17.6 Å². The van der Waals surface area contributed by atoms with Gasteiger partial charge in [0.15, 0.2) is 0 Å². The second-order valence-electron chi connectivity index (χ2n) is 10.5. The van der Waals surface area contributed by atoms with Crippen molar-refractivity contribution in [2.24, 2.45) is 5.92 Å². The highest BCUT2D eigenvalue weighted by Crippen LogP contribution is 2.39. The number of likely N-dealkylation sites (N-methyl/N-ethyl adjacent to an activating group) is 1. The number of halogens is 2. The van der Waals surface area contributed by atoms with Gasteiger partial charge in [-0.05, 0) is 75.3 Å². The summed E-state index contributed by atoms with van der Waals surface area (Å²) in [5.74, 6) is -1.29. The molecule has 2 atom stereocenters. The summed E-state index contributed by atoms with van der Waals surface area (Å²) in [6.45, 7) is 4.49. The summed E-state index contributed by atoms with van der Waals surface area (Å²) in [5.41, 5.74) is 4.06. The van der Waals surface area contributed by atoms with Crippen molar-refractivity contribution >= 4 is 28.8 Å². The average molecular weight is 522 g/mol. The minimum absolute atomic E-state index is 0.0163. The summed E-state index contributed by atoms with van der Waals surface area (Å²) < 4.78 is 28.2. The number of carbonyl (C=O) groups is 2. The lowest BCUT2D eigenvalue weighted by atomic mass is 9.92. The molecule has 0 bridgehead atoms.